The van der Waals surface area contributed by atoms with Crippen molar-refractivity contribution in [3.8, 4) is 5.75 Å². The highest BCUT2D eigenvalue weighted by Gasteiger charge is 2.06. The van der Waals surface area contributed by atoms with Crippen LogP contribution in [0.5, 0.6) is 5.75 Å². The van der Waals surface area contributed by atoms with Crippen LogP contribution in [0.4, 0.5) is 0 Å². The number of aryl methyl sites for hydroxylation is 1. The molecule has 0 aliphatic heterocycles. The van der Waals surface area contributed by atoms with Crippen LogP contribution in [-0.2, 0) is 0 Å². The maximum atomic E-state index is 11.9. The number of aromatic nitrogens is 1. The van der Waals surface area contributed by atoms with Crippen molar-refractivity contribution in [1.29, 1.82) is 0 Å². The van der Waals surface area contributed by atoms with Gasteiger partial charge in [0.1, 0.15) is 5.75 Å². The molecule has 1 aromatic heterocycles. The van der Waals surface area contributed by atoms with Gasteiger partial charge in [0.25, 0.3) is 0 Å². The highest BCUT2D eigenvalue weighted by Crippen LogP contribution is 2.10. The van der Waals surface area contributed by atoms with Crippen molar-refractivity contribution in [3.05, 3.63) is 59.9 Å². The Bertz CT molecular complexity index is 523. The summed E-state index contributed by atoms with van der Waals surface area (Å²) in [7, 11) is 0. The summed E-state index contributed by atoms with van der Waals surface area (Å²) >= 11 is 0. The largest absolute Gasteiger partial charge is 0.493 e. The van der Waals surface area contributed by atoms with E-state index in [9.17, 15) is 4.79 Å². The molecule has 1 heterocycles. The van der Waals surface area contributed by atoms with Crippen molar-refractivity contribution in [2.75, 3.05) is 6.61 Å². The molecule has 0 unspecified atom stereocenters. The zero-order valence-corrected chi connectivity index (χ0v) is 10.3. The molecule has 92 valence electrons. The highest BCUT2D eigenvalue weighted by atomic mass is 16.5. The predicted octanol–water partition coefficient (Wildman–Crippen LogP) is 3.04. The van der Waals surface area contributed by atoms with E-state index in [1.54, 1.807) is 12.4 Å². The van der Waals surface area contributed by atoms with Crippen LogP contribution in [0.2, 0.25) is 0 Å². The van der Waals surface area contributed by atoms with Crippen LogP contribution < -0.4 is 4.74 Å². The molecule has 0 spiro atoms. The van der Waals surface area contributed by atoms with Gasteiger partial charge in [-0.1, -0.05) is 18.2 Å². The van der Waals surface area contributed by atoms with E-state index in [1.165, 1.54) is 0 Å². The third-order valence-corrected chi connectivity index (χ3v) is 2.54. The van der Waals surface area contributed by atoms with Crippen molar-refractivity contribution in [2.45, 2.75) is 13.3 Å². The number of nitrogens with zero attached hydrogens (tertiary/aromatic N) is 1. The maximum absolute atomic E-state index is 11.9. The van der Waals surface area contributed by atoms with Gasteiger partial charge in [-0.3, -0.25) is 9.78 Å². The number of para-hydroxylation sites is 1. The van der Waals surface area contributed by atoms with Gasteiger partial charge in [0.2, 0.25) is 0 Å². The second kappa shape index (κ2) is 5.96. The number of Topliss-reactive ketones (excluding diaryl/α,β-unsaturated/α-hetero) is 1. The molecule has 0 radical (unpaired) electrons. The average Bonchev–Trinajstić information content (AvgIpc) is 2.40. The molecule has 0 fully saturated rings. The van der Waals surface area contributed by atoms with E-state index in [0.717, 1.165) is 11.3 Å². The Kier molecular flexibility index (Phi) is 4.07. The smallest absolute Gasteiger partial charge is 0.167 e. The average molecular weight is 241 g/mol. The standard InChI is InChI=1S/C15H15NO2/c1-12-9-13(11-16-10-12)15(17)7-8-18-14-5-3-2-4-6-14/h2-6,9-11H,7-8H2,1H3. The predicted molar refractivity (Wildman–Crippen MR) is 69.9 cm³/mol. The summed E-state index contributed by atoms with van der Waals surface area (Å²) in [5, 5.41) is 0. The topological polar surface area (TPSA) is 39.2 Å². The van der Waals surface area contributed by atoms with Gasteiger partial charge in [-0.2, -0.15) is 0 Å². The molecule has 3 nitrogen and oxygen atoms in total. The molecule has 2 aromatic rings. The number of hydrogen-bond donors (Lipinski definition) is 0. The van der Waals surface area contributed by atoms with Gasteiger partial charge in [0.15, 0.2) is 5.78 Å². The van der Waals surface area contributed by atoms with Crippen LogP contribution in [0, 0.1) is 6.92 Å². The first-order chi connectivity index (χ1) is 8.75. The van der Waals surface area contributed by atoms with Gasteiger partial charge in [-0.15, -0.1) is 0 Å². The fourth-order valence-electron chi connectivity index (χ4n) is 1.63. The van der Waals surface area contributed by atoms with Crippen molar-refractivity contribution in [1.82, 2.24) is 4.98 Å². The number of ether oxygens (including phenoxy) is 1. The van der Waals surface area contributed by atoms with E-state index in [1.807, 2.05) is 43.3 Å². The third kappa shape index (κ3) is 3.42. The van der Waals surface area contributed by atoms with Crippen molar-refractivity contribution in [3.63, 3.8) is 0 Å². The number of hydrogen-bond acceptors (Lipinski definition) is 3. The van der Waals surface area contributed by atoms with Crippen LogP contribution >= 0.6 is 0 Å². The van der Waals surface area contributed by atoms with Crippen LogP contribution in [0.15, 0.2) is 48.8 Å². The van der Waals surface area contributed by atoms with E-state index in [0.29, 0.717) is 18.6 Å². The molecule has 0 atom stereocenters. The second-order valence-corrected chi connectivity index (χ2v) is 4.09. The number of rotatable bonds is 5. The van der Waals surface area contributed by atoms with Gasteiger partial charge in [0, 0.05) is 24.4 Å². The molecule has 0 aliphatic carbocycles. The van der Waals surface area contributed by atoms with E-state index in [2.05, 4.69) is 4.98 Å². The molecule has 1 aromatic carbocycles. The summed E-state index contributed by atoms with van der Waals surface area (Å²) in [5.41, 5.74) is 1.64. The number of benzene rings is 1. The summed E-state index contributed by atoms with van der Waals surface area (Å²) in [6.07, 6.45) is 3.69. The number of pyridine rings is 1. The lowest BCUT2D eigenvalue weighted by atomic mass is 10.1. The van der Waals surface area contributed by atoms with Crippen LogP contribution in [-0.4, -0.2) is 17.4 Å². The molecule has 0 saturated heterocycles. The Balaban J connectivity index is 1.86. The van der Waals surface area contributed by atoms with Gasteiger partial charge in [-0.25, -0.2) is 0 Å². The molecule has 0 aliphatic rings. The monoisotopic (exact) mass is 241 g/mol. The first kappa shape index (κ1) is 12.3. The third-order valence-electron chi connectivity index (χ3n) is 2.54. The summed E-state index contributed by atoms with van der Waals surface area (Å²) in [5.74, 6) is 0.842. The van der Waals surface area contributed by atoms with E-state index < -0.39 is 0 Å². The zero-order chi connectivity index (χ0) is 12.8. The lowest BCUT2D eigenvalue weighted by Gasteiger charge is -2.05. The van der Waals surface area contributed by atoms with Crippen molar-refractivity contribution < 1.29 is 9.53 Å². The number of carbonyl (C=O) groups is 1. The second-order valence-electron chi connectivity index (χ2n) is 4.09. The zero-order valence-electron chi connectivity index (χ0n) is 10.3. The van der Waals surface area contributed by atoms with Crippen LogP contribution in [0.25, 0.3) is 0 Å². The minimum absolute atomic E-state index is 0.0575. The SMILES string of the molecule is Cc1cncc(C(=O)CCOc2ccccc2)c1. The number of carbonyl (C=O) groups excluding carboxylic acids is 1. The Morgan fingerprint density at radius 1 is 1.22 bits per heavy atom. The van der Waals surface area contributed by atoms with E-state index in [4.69, 9.17) is 4.74 Å². The van der Waals surface area contributed by atoms with Gasteiger partial charge in [0.05, 0.1) is 6.61 Å². The molecule has 2 rings (SSSR count). The van der Waals surface area contributed by atoms with Gasteiger partial charge >= 0.3 is 0 Å². The minimum atomic E-state index is 0.0575. The first-order valence-corrected chi connectivity index (χ1v) is 5.88. The fourth-order valence-corrected chi connectivity index (χ4v) is 1.63. The van der Waals surface area contributed by atoms with Gasteiger partial charge < -0.3 is 4.74 Å². The summed E-state index contributed by atoms with van der Waals surface area (Å²) < 4.78 is 5.49. The quantitative estimate of drug-likeness (QED) is 0.755. The first-order valence-electron chi connectivity index (χ1n) is 5.88. The molecule has 0 amide bonds. The maximum Gasteiger partial charge on any atom is 0.167 e. The van der Waals surface area contributed by atoms with Crippen LogP contribution in [0.3, 0.4) is 0 Å². The summed E-state index contributed by atoms with van der Waals surface area (Å²) in [6.45, 7) is 2.31. The highest BCUT2D eigenvalue weighted by molar-refractivity contribution is 5.95. The molecule has 18 heavy (non-hydrogen) atoms. The van der Waals surface area contributed by atoms with E-state index in [-0.39, 0.29) is 5.78 Å². The molecule has 0 N–H and O–H groups in total. The van der Waals surface area contributed by atoms with E-state index >= 15 is 0 Å². The summed E-state index contributed by atoms with van der Waals surface area (Å²) in [6, 6.07) is 11.3. The fraction of sp³-hybridized carbons (Fsp3) is 0.200. The van der Waals surface area contributed by atoms with Crippen LogP contribution in [0.1, 0.15) is 22.3 Å². The Hall–Kier alpha value is -2.16. The lowest BCUT2D eigenvalue weighted by molar-refractivity contribution is 0.0962. The van der Waals surface area contributed by atoms with Crippen molar-refractivity contribution in [2.24, 2.45) is 0 Å². The summed E-state index contributed by atoms with van der Waals surface area (Å²) in [4.78, 5) is 15.9. The number of ketones is 1. The molecular formula is C15H15NO2. The molecule has 0 saturated carbocycles. The Morgan fingerprint density at radius 3 is 2.72 bits per heavy atom. The minimum Gasteiger partial charge on any atom is -0.493 e. The molecule has 3 heteroatoms. The Labute approximate surface area is 106 Å². The van der Waals surface area contributed by atoms with Crippen molar-refractivity contribution >= 4 is 5.78 Å². The van der Waals surface area contributed by atoms with Gasteiger partial charge in [-0.05, 0) is 30.7 Å². The molecular weight excluding hydrogens is 226 g/mol. The lowest BCUT2D eigenvalue weighted by Crippen LogP contribution is -2.07. The normalized spacial score (nSPS) is 10.1. The molecule has 0 bridgehead atoms. The Morgan fingerprint density at radius 2 is 2.00 bits per heavy atom.